The third-order valence-electron chi connectivity index (χ3n) is 1.74. The molecule has 0 spiro atoms. The summed E-state index contributed by atoms with van der Waals surface area (Å²) < 4.78 is 4.96. The number of halogens is 1. The Bertz CT molecular complexity index is 187. The molecule has 0 aromatic carbocycles. The third kappa shape index (κ3) is 1.96. The number of Topliss-reactive ketones (excluding diaryl/α,β-unsaturated/α-hetero) is 1. The number of hydrogen-bond acceptors (Lipinski definition) is 2. The van der Waals surface area contributed by atoms with Gasteiger partial charge in [-0.1, -0.05) is 0 Å². The molecule has 1 unspecified atom stereocenters. The Balaban J connectivity index is 2.72. The molecule has 62 valence electrons. The Morgan fingerprint density at radius 2 is 2.45 bits per heavy atom. The number of allylic oxidation sites excluding steroid dienone is 2. The van der Waals surface area contributed by atoms with E-state index in [1.165, 1.54) is 0 Å². The monoisotopic (exact) mass is 174 g/mol. The lowest BCUT2D eigenvalue weighted by Gasteiger charge is -2.08. The van der Waals surface area contributed by atoms with E-state index in [4.69, 9.17) is 16.3 Å². The van der Waals surface area contributed by atoms with Gasteiger partial charge in [0.1, 0.15) is 11.1 Å². The first-order chi connectivity index (χ1) is 5.25. The van der Waals surface area contributed by atoms with Crippen LogP contribution in [0.4, 0.5) is 0 Å². The van der Waals surface area contributed by atoms with Crippen molar-refractivity contribution in [2.24, 2.45) is 0 Å². The van der Waals surface area contributed by atoms with E-state index in [1.807, 2.05) is 6.08 Å². The molecule has 0 heterocycles. The quantitative estimate of drug-likeness (QED) is 0.568. The molecular weight excluding hydrogens is 164 g/mol. The first-order valence-electron chi connectivity index (χ1n) is 3.66. The molecule has 0 saturated heterocycles. The van der Waals surface area contributed by atoms with Crippen molar-refractivity contribution >= 4 is 17.4 Å². The van der Waals surface area contributed by atoms with Crippen LogP contribution in [0.25, 0.3) is 0 Å². The fourth-order valence-electron chi connectivity index (χ4n) is 1.10. The fourth-order valence-corrected chi connectivity index (χ4v) is 1.38. The van der Waals surface area contributed by atoms with Gasteiger partial charge in [-0.2, -0.15) is 0 Å². The maximum atomic E-state index is 11.1. The van der Waals surface area contributed by atoms with Crippen molar-refractivity contribution in [2.45, 2.75) is 24.6 Å². The van der Waals surface area contributed by atoms with E-state index in [0.717, 1.165) is 12.8 Å². The Morgan fingerprint density at radius 3 is 3.09 bits per heavy atom. The lowest BCUT2D eigenvalue weighted by molar-refractivity contribution is -0.118. The van der Waals surface area contributed by atoms with Gasteiger partial charge in [0.25, 0.3) is 0 Å². The summed E-state index contributed by atoms with van der Waals surface area (Å²) >= 11 is 5.79. The van der Waals surface area contributed by atoms with Crippen LogP contribution in [-0.4, -0.2) is 18.3 Å². The van der Waals surface area contributed by atoms with Gasteiger partial charge in [-0.3, -0.25) is 4.79 Å². The number of carbonyl (C=O) groups excluding carboxylic acids is 1. The molecule has 0 aromatic rings. The lowest BCUT2D eigenvalue weighted by atomic mass is 10.2. The van der Waals surface area contributed by atoms with E-state index < -0.39 is 5.38 Å². The van der Waals surface area contributed by atoms with Crippen LogP contribution in [0.5, 0.6) is 0 Å². The zero-order valence-electron chi connectivity index (χ0n) is 6.47. The summed E-state index contributed by atoms with van der Waals surface area (Å²) in [5.41, 5.74) is 0. The van der Waals surface area contributed by atoms with Crippen LogP contribution in [0, 0.1) is 0 Å². The van der Waals surface area contributed by atoms with Crippen LogP contribution in [0.3, 0.4) is 0 Å². The molecule has 0 radical (unpaired) electrons. The number of methoxy groups -OCH3 is 1. The van der Waals surface area contributed by atoms with E-state index in [-0.39, 0.29) is 5.78 Å². The summed E-state index contributed by atoms with van der Waals surface area (Å²) in [7, 11) is 1.54. The zero-order valence-corrected chi connectivity index (χ0v) is 7.23. The minimum atomic E-state index is -0.553. The number of hydrogen-bond donors (Lipinski definition) is 0. The Labute approximate surface area is 71.2 Å². The largest absolute Gasteiger partial charge is 0.499 e. The maximum absolute atomic E-state index is 11.1. The summed E-state index contributed by atoms with van der Waals surface area (Å²) in [6, 6.07) is 0. The summed E-state index contributed by atoms with van der Waals surface area (Å²) in [5.74, 6) is 0.673. The lowest BCUT2D eigenvalue weighted by Crippen LogP contribution is -2.16. The van der Waals surface area contributed by atoms with Crippen LogP contribution in [0.2, 0.25) is 0 Å². The van der Waals surface area contributed by atoms with Gasteiger partial charge in [-0.05, 0) is 18.9 Å². The Kier molecular flexibility index (Phi) is 2.94. The van der Waals surface area contributed by atoms with Crippen molar-refractivity contribution in [3.05, 3.63) is 11.8 Å². The van der Waals surface area contributed by atoms with Crippen LogP contribution in [0.1, 0.15) is 19.3 Å². The predicted octanol–water partition coefficient (Wildman–Crippen LogP) is 1.88. The Hall–Kier alpha value is -0.500. The van der Waals surface area contributed by atoms with Crippen LogP contribution >= 0.6 is 11.6 Å². The minimum absolute atomic E-state index is 0.0669. The molecule has 1 atom stereocenters. The van der Waals surface area contributed by atoms with Gasteiger partial charge in [0.15, 0.2) is 5.78 Å². The normalized spacial score (nSPS) is 25.8. The van der Waals surface area contributed by atoms with Gasteiger partial charge in [0.2, 0.25) is 0 Å². The van der Waals surface area contributed by atoms with E-state index in [0.29, 0.717) is 12.2 Å². The second-order valence-electron chi connectivity index (χ2n) is 2.53. The Morgan fingerprint density at radius 1 is 1.73 bits per heavy atom. The first-order valence-corrected chi connectivity index (χ1v) is 4.10. The van der Waals surface area contributed by atoms with Gasteiger partial charge < -0.3 is 4.74 Å². The molecule has 1 rings (SSSR count). The van der Waals surface area contributed by atoms with E-state index in [1.54, 1.807) is 7.11 Å². The van der Waals surface area contributed by atoms with Gasteiger partial charge >= 0.3 is 0 Å². The molecule has 0 amide bonds. The summed E-state index contributed by atoms with van der Waals surface area (Å²) in [6.45, 7) is 0. The molecule has 2 nitrogen and oxygen atoms in total. The molecule has 11 heavy (non-hydrogen) atoms. The fraction of sp³-hybridized carbons (Fsp3) is 0.625. The predicted molar refractivity (Wildman–Crippen MR) is 43.6 cm³/mol. The first kappa shape index (κ1) is 8.60. The van der Waals surface area contributed by atoms with Crippen molar-refractivity contribution in [1.82, 2.24) is 0 Å². The number of ether oxygens (including phenoxy) is 1. The molecule has 0 bridgehead atoms. The summed E-state index contributed by atoms with van der Waals surface area (Å²) in [6.07, 6.45) is 4.23. The molecule has 0 saturated carbocycles. The number of ketones is 1. The minimum Gasteiger partial charge on any atom is -0.499 e. The van der Waals surface area contributed by atoms with Crippen LogP contribution in [-0.2, 0) is 9.53 Å². The number of carbonyl (C=O) groups is 1. The molecule has 0 aliphatic heterocycles. The van der Waals surface area contributed by atoms with E-state index >= 15 is 0 Å². The van der Waals surface area contributed by atoms with Gasteiger partial charge in [0.05, 0.1) is 7.11 Å². The number of rotatable bonds is 1. The molecule has 1 aliphatic carbocycles. The SMILES string of the molecule is COC1=CCCCC(=O)C1Cl. The smallest absolute Gasteiger partial charge is 0.158 e. The highest BCUT2D eigenvalue weighted by molar-refractivity contribution is 6.33. The van der Waals surface area contributed by atoms with E-state index in [2.05, 4.69) is 0 Å². The van der Waals surface area contributed by atoms with Gasteiger partial charge in [-0.25, -0.2) is 0 Å². The maximum Gasteiger partial charge on any atom is 0.158 e. The van der Waals surface area contributed by atoms with Crippen molar-refractivity contribution in [3.63, 3.8) is 0 Å². The van der Waals surface area contributed by atoms with Crippen molar-refractivity contribution < 1.29 is 9.53 Å². The van der Waals surface area contributed by atoms with Gasteiger partial charge in [0, 0.05) is 6.42 Å². The van der Waals surface area contributed by atoms with Gasteiger partial charge in [-0.15, -0.1) is 11.6 Å². The van der Waals surface area contributed by atoms with E-state index in [9.17, 15) is 4.79 Å². The van der Waals surface area contributed by atoms with Crippen LogP contribution < -0.4 is 0 Å². The standard InChI is InChI=1S/C8H11ClO2/c1-11-7-5-3-2-4-6(10)8(7)9/h5,8H,2-4H2,1H3. The van der Waals surface area contributed by atoms with Crippen molar-refractivity contribution in [2.75, 3.05) is 7.11 Å². The van der Waals surface area contributed by atoms with Crippen molar-refractivity contribution in [1.29, 1.82) is 0 Å². The van der Waals surface area contributed by atoms with Crippen molar-refractivity contribution in [3.8, 4) is 0 Å². The second kappa shape index (κ2) is 3.77. The highest BCUT2D eigenvalue weighted by Crippen LogP contribution is 2.19. The highest BCUT2D eigenvalue weighted by Gasteiger charge is 2.22. The number of alkyl halides is 1. The summed E-state index contributed by atoms with van der Waals surface area (Å²) in [5, 5.41) is -0.553. The average Bonchev–Trinajstić information content (AvgIpc) is 2.16. The summed E-state index contributed by atoms with van der Waals surface area (Å²) in [4.78, 5) is 11.1. The molecule has 0 N–H and O–H groups in total. The van der Waals surface area contributed by atoms with Crippen LogP contribution in [0.15, 0.2) is 11.8 Å². The zero-order chi connectivity index (χ0) is 8.27. The second-order valence-corrected chi connectivity index (χ2v) is 2.97. The molecule has 3 heteroatoms. The topological polar surface area (TPSA) is 26.3 Å². The molecule has 0 fully saturated rings. The third-order valence-corrected chi connectivity index (χ3v) is 2.20. The average molecular weight is 175 g/mol. The highest BCUT2D eigenvalue weighted by atomic mass is 35.5. The molecule has 0 aromatic heterocycles. The molecular formula is C8H11ClO2. The molecule has 1 aliphatic rings.